The van der Waals surface area contributed by atoms with Gasteiger partial charge in [0.1, 0.15) is 11.5 Å². The molecule has 2 unspecified atom stereocenters. The molecule has 0 radical (unpaired) electrons. The minimum Gasteiger partial charge on any atom is -0.496 e. The van der Waals surface area contributed by atoms with Crippen molar-refractivity contribution < 1.29 is 14.3 Å². The minimum absolute atomic E-state index is 0.0109. The molecule has 2 aliphatic rings. The molecule has 0 saturated heterocycles. The van der Waals surface area contributed by atoms with Gasteiger partial charge >= 0.3 is 0 Å². The summed E-state index contributed by atoms with van der Waals surface area (Å²) < 4.78 is 5.42. The molecule has 0 bridgehead atoms. The average Bonchev–Trinajstić information content (AvgIpc) is 2.43. The van der Waals surface area contributed by atoms with Gasteiger partial charge in [0.25, 0.3) is 0 Å². The summed E-state index contributed by atoms with van der Waals surface area (Å²) in [6.07, 6.45) is 3.32. The summed E-state index contributed by atoms with van der Waals surface area (Å²) in [6.45, 7) is 8.22. The summed E-state index contributed by atoms with van der Waals surface area (Å²) in [5.74, 6) is 1.46. The Hall–Kier alpha value is -1.64. The van der Waals surface area contributed by atoms with E-state index in [0.29, 0.717) is 35.9 Å². The molecule has 23 heavy (non-hydrogen) atoms. The molecule has 0 N–H and O–H groups in total. The van der Waals surface area contributed by atoms with Gasteiger partial charge in [-0.25, -0.2) is 0 Å². The Balaban J connectivity index is 2.20. The lowest BCUT2D eigenvalue weighted by Gasteiger charge is -2.53. The van der Waals surface area contributed by atoms with E-state index in [9.17, 15) is 9.59 Å². The van der Waals surface area contributed by atoms with Crippen LogP contribution < -0.4 is 4.74 Å². The number of hydrogen-bond acceptors (Lipinski definition) is 3. The van der Waals surface area contributed by atoms with Crippen molar-refractivity contribution in [2.45, 2.75) is 58.8 Å². The van der Waals surface area contributed by atoms with Crippen LogP contribution in [0.4, 0.5) is 0 Å². The van der Waals surface area contributed by atoms with E-state index in [4.69, 9.17) is 4.74 Å². The summed E-state index contributed by atoms with van der Waals surface area (Å²) in [6, 6.07) is 4.01. The molecular formula is C20H26O3. The fourth-order valence-electron chi connectivity index (χ4n) is 5.19. The number of fused-ring (bicyclic) bond motifs is 3. The highest BCUT2D eigenvalue weighted by atomic mass is 16.5. The maximum Gasteiger partial charge on any atom is 0.163 e. The van der Waals surface area contributed by atoms with Crippen LogP contribution in [0.15, 0.2) is 12.1 Å². The smallest absolute Gasteiger partial charge is 0.163 e. The first-order chi connectivity index (χ1) is 10.7. The molecule has 2 atom stereocenters. The monoisotopic (exact) mass is 314 g/mol. The van der Waals surface area contributed by atoms with Gasteiger partial charge in [0.15, 0.2) is 5.78 Å². The number of carbonyl (C=O) groups is 2. The average molecular weight is 314 g/mol. The molecule has 0 amide bonds. The quantitative estimate of drug-likeness (QED) is 0.772. The predicted octanol–water partition coefficient (Wildman–Crippen LogP) is 4.11. The van der Waals surface area contributed by atoms with E-state index in [1.165, 1.54) is 11.1 Å². The Morgan fingerprint density at radius 1 is 1.22 bits per heavy atom. The summed E-state index contributed by atoms with van der Waals surface area (Å²) in [4.78, 5) is 24.4. The zero-order valence-corrected chi connectivity index (χ0v) is 14.8. The van der Waals surface area contributed by atoms with Crippen molar-refractivity contribution in [3.63, 3.8) is 0 Å². The van der Waals surface area contributed by atoms with Crippen LogP contribution in [-0.4, -0.2) is 18.7 Å². The Labute approximate surface area is 138 Å². The molecule has 1 saturated carbocycles. The van der Waals surface area contributed by atoms with E-state index < -0.39 is 0 Å². The van der Waals surface area contributed by atoms with Crippen molar-refractivity contribution in [3.8, 4) is 5.75 Å². The van der Waals surface area contributed by atoms with Gasteiger partial charge in [0.2, 0.25) is 0 Å². The lowest BCUT2D eigenvalue weighted by molar-refractivity contribution is -0.129. The molecule has 1 fully saturated rings. The summed E-state index contributed by atoms with van der Waals surface area (Å²) in [5.41, 5.74) is 2.88. The lowest BCUT2D eigenvalue weighted by Crippen LogP contribution is -2.50. The van der Waals surface area contributed by atoms with Crippen LogP contribution >= 0.6 is 0 Å². The molecule has 0 aliphatic heterocycles. The third-order valence-electron chi connectivity index (χ3n) is 6.05. The Morgan fingerprint density at radius 3 is 2.52 bits per heavy atom. The fraction of sp³-hybridized carbons (Fsp3) is 0.600. The van der Waals surface area contributed by atoms with Gasteiger partial charge in [-0.1, -0.05) is 20.8 Å². The highest BCUT2D eigenvalue weighted by molar-refractivity contribution is 5.97. The normalized spacial score (nSPS) is 28.7. The van der Waals surface area contributed by atoms with Crippen molar-refractivity contribution in [1.82, 2.24) is 0 Å². The molecule has 0 heterocycles. The van der Waals surface area contributed by atoms with Crippen molar-refractivity contribution >= 4 is 11.6 Å². The number of methoxy groups -OCH3 is 1. The molecule has 1 aromatic rings. The van der Waals surface area contributed by atoms with Crippen molar-refractivity contribution in [2.75, 3.05) is 7.11 Å². The second-order valence-electron chi connectivity index (χ2n) is 8.16. The summed E-state index contributed by atoms with van der Waals surface area (Å²) in [7, 11) is 1.61. The molecule has 3 heteroatoms. The van der Waals surface area contributed by atoms with Crippen molar-refractivity contribution in [1.29, 1.82) is 0 Å². The van der Waals surface area contributed by atoms with E-state index >= 15 is 0 Å². The molecule has 124 valence electrons. The van der Waals surface area contributed by atoms with Crippen LogP contribution in [0.25, 0.3) is 0 Å². The first-order valence-corrected chi connectivity index (χ1v) is 8.43. The number of hydrogen-bond donors (Lipinski definition) is 0. The van der Waals surface area contributed by atoms with Gasteiger partial charge in [-0.2, -0.15) is 0 Å². The number of ketones is 2. The minimum atomic E-state index is -0.178. The summed E-state index contributed by atoms with van der Waals surface area (Å²) in [5, 5.41) is 0. The van der Waals surface area contributed by atoms with Crippen LogP contribution in [0.5, 0.6) is 5.75 Å². The van der Waals surface area contributed by atoms with E-state index in [0.717, 1.165) is 12.8 Å². The second kappa shape index (κ2) is 5.19. The highest BCUT2D eigenvalue weighted by Gasteiger charge is 2.52. The molecule has 2 aliphatic carbocycles. The van der Waals surface area contributed by atoms with E-state index in [-0.39, 0.29) is 16.6 Å². The maximum atomic E-state index is 12.4. The Bertz CT molecular complexity index is 686. The summed E-state index contributed by atoms with van der Waals surface area (Å²) >= 11 is 0. The van der Waals surface area contributed by atoms with Gasteiger partial charge in [0.05, 0.1) is 12.7 Å². The van der Waals surface area contributed by atoms with E-state index in [1.54, 1.807) is 14.0 Å². The van der Waals surface area contributed by atoms with Crippen LogP contribution in [0.2, 0.25) is 0 Å². The molecule has 0 aromatic heterocycles. The zero-order valence-electron chi connectivity index (χ0n) is 14.8. The van der Waals surface area contributed by atoms with E-state index in [2.05, 4.69) is 20.8 Å². The second-order valence-corrected chi connectivity index (χ2v) is 8.16. The first kappa shape index (κ1) is 16.2. The van der Waals surface area contributed by atoms with Crippen LogP contribution in [0, 0.1) is 11.3 Å². The Kier molecular flexibility index (Phi) is 3.66. The van der Waals surface area contributed by atoms with Gasteiger partial charge in [0, 0.05) is 18.3 Å². The van der Waals surface area contributed by atoms with Crippen LogP contribution in [0.1, 0.15) is 68.4 Å². The SMILES string of the molecule is COc1cc2c(cc1C(C)=O)C1(C)CC(=O)CC(C)(C)C1CC2. The van der Waals surface area contributed by atoms with Gasteiger partial charge in [-0.3, -0.25) is 9.59 Å². The number of benzene rings is 1. The molecule has 1 aromatic carbocycles. The largest absolute Gasteiger partial charge is 0.496 e. The number of aryl methyl sites for hydroxylation is 1. The highest BCUT2D eigenvalue weighted by Crippen LogP contribution is 2.56. The third kappa shape index (κ3) is 2.41. The molecule has 0 spiro atoms. The zero-order chi connectivity index (χ0) is 17.0. The molecular weight excluding hydrogens is 288 g/mol. The van der Waals surface area contributed by atoms with Crippen molar-refractivity contribution in [3.05, 3.63) is 28.8 Å². The standard InChI is InChI=1S/C20H26O3/c1-12(21)15-9-16-13(8-17(15)23-5)6-7-18-19(2,3)10-14(22)11-20(16,18)4/h8-9,18H,6-7,10-11H2,1-5H3. The number of ether oxygens (including phenoxy) is 1. The Morgan fingerprint density at radius 2 is 1.91 bits per heavy atom. The van der Waals surface area contributed by atoms with Crippen LogP contribution in [0.3, 0.4) is 0 Å². The number of rotatable bonds is 2. The predicted molar refractivity (Wildman–Crippen MR) is 90.2 cm³/mol. The maximum absolute atomic E-state index is 12.4. The van der Waals surface area contributed by atoms with Crippen LogP contribution in [-0.2, 0) is 16.6 Å². The van der Waals surface area contributed by atoms with Gasteiger partial charge in [-0.05, 0) is 54.4 Å². The fourth-order valence-corrected chi connectivity index (χ4v) is 5.19. The molecule has 3 nitrogen and oxygen atoms in total. The molecule has 3 rings (SSSR count). The van der Waals surface area contributed by atoms with Crippen molar-refractivity contribution in [2.24, 2.45) is 11.3 Å². The van der Waals surface area contributed by atoms with E-state index in [1.807, 2.05) is 12.1 Å². The number of Topliss-reactive ketones (excluding diaryl/α,β-unsaturated/α-hetero) is 2. The van der Waals surface area contributed by atoms with Gasteiger partial charge in [-0.15, -0.1) is 0 Å². The number of carbonyl (C=O) groups excluding carboxylic acids is 2. The first-order valence-electron chi connectivity index (χ1n) is 8.43. The lowest BCUT2D eigenvalue weighted by atomic mass is 9.50. The van der Waals surface area contributed by atoms with Gasteiger partial charge < -0.3 is 4.74 Å². The topological polar surface area (TPSA) is 43.4 Å². The third-order valence-corrected chi connectivity index (χ3v) is 6.05.